The van der Waals surface area contributed by atoms with Crippen LogP contribution in [0.1, 0.15) is 69.8 Å². The zero-order valence-electron chi connectivity index (χ0n) is 15.2. The van der Waals surface area contributed by atoms with Gasteiger partial charge in [-0.2, -0.15) is 0 Å². The molecule has 0 atom stereocenters. The average molecular weight is 369 g/mol. The van der Waals surface area contributed by atoms with Crippen LogP contribution in [0.2, 0.25) is 5.02 Å². The van der Waals surface area contributed by atoms with E-state index < -0.39 is 0 Å². The number of hydrogen-bond donors (Lipinski definition) is 0. The van der Waals surface area contributed by atoms with Gasteiger partial charge in [0.2, 0.25) is 0 Å². The Bertz CT molecular complexity index is 535. The fourth-order valence-electron chi connectivity index (χ4n) is 4.25. The maximum absolute atomic E-state index is 13.7. The average Bonchev–Trinajstić information content (AvgIpc) is 2.64. The lowest BCUT2D eigenvalue weighted by molar-refractivity contribution is -0.205. The summed E-state index contributed by atoms with van der Waals surface area (Å²) in [5.41, 5.74) is 1.10. The normalized spacial score (nSPS) is 30.4. The Morgan fingerprint density at radius 2 is 1.72 bits per heavy atom. The van der Waals surface area contributed by atoms with Crippen LogP contribution in [-0.4, -0.2) is 19.5 Å². The van der Waals surface area contributed by atoms with Gasteiger partial charge in [-0.05, 0) is 74.5 Å². The molecule has 1 saturated heterocycles. The minimum Gasteiger partial charge on any atom is -0.352 e. The Labute approximate surface area is 156 Å². The van der Waals surface area contributed by atoms with Crippen LogP contribution in [-0.2, 0) is 9.47 Å². The summed E-state index contributed by atoms with van der Waals surface area (Å²) in [6.07, 6.45) is 9.25. The number of ether oxygens (including phenoxy) is 2. The smallest absolute Gasteiger partial charge is 0.157 e. The lowest BCUT2D eigenvalue weighted by atomic mass is 9.77. The van der Waals surface area contributed by atoms with Crippen molar-refractivity contribution in [1.82, 2.24) is 0 Å². The molecule has 0 amide bonds. The van der Waals surface area contributed by atoms with Crippen LogP contribution in [0.5, 0.6) is 0 Å². The molecule has 0 bridgehead atoms. The van der Waals surface area contributed by atoms with E-state index in [2.05, 4.69) is 6.92 Å². The van der Waals surface area contributed by atoms with E-state index in [1.54, 1.807) is 12.1 Å². The SMILES string of the molecule is CCCC1COC(CCC2CCC(c3ccc(Cl)c(F)c3)CC2)OC1. The summed E-state index contributed by atoms with van der Waals surface area (Å²) in [6.45, 7) is 3.92. The summed E-state index contributed by atoms with van der Waals surface area (Å²) in [4.78, 5) is 0. The molecule has 0 radical (unpaired) electrons. The molecule has 1 aliphatic heterocycles. The molecule has 1 aromatic rings. The molecule has 0 unspecified atom stereocenters. The van der Waals surface area contributed by atoms with Gasteiger partial charge in [0.15, 0.2) is 6.29 Å². The van der Waals surface area contributed by atoms with E-state index in [0.717, 1.165) is 44.0 Å². The largest absolute Gasteiger partial charge is 0.352 e. The van der Waals surface area contributed by atoms with Gasteiger partial charge in [-0.15, -0.1) is 0 Å². The second kappa shape index (κ2) is 9.34. The maximum atomic E-state index is 13.7. The van der Waals surface area contributed by atoms with E-state index in [1.807, 2.05) is 6.07 Å². The Kier molecular flexibility index (Phi) is 7.15. The van der Waals surface area contributed by atoms with Gasteiger partial charge in [-0.3, -0.25) is 0 Å². The molecule has 1 heterocycles. The van der Waals surface area contributed by atoms with Crippen molar-refractivity contribution in [2.75, 3.05) is 13.2 Å². The van der Waals surface area contributed by atoms with Gasteiger partial charge in [0.25, 0.3) is 0 Å². The molecule has 140 valence electrons. The number of hydrogen-bond acceptors (Lipinski definition) is 2. The van der Waals surface area contributed by atoms with Gasteiger partial charge in [-0.1, -0.05) is 31.0 Å². The monoisotopic (exact) mass is 368 g/mol. The first kappa shape index (κ1) is 19.1. The van der Waals surface area contributed by atoms with Crippen LogP contribution in [0.25, 0.3) is 0 Å². The van der Waals surface area contributed by atoms with Crippen LogP contribution in [0.4, 0.5) is 4.39 Å². The first-order valence-corrected chi connectivity index (χ1v) is 10.2. The van der Waals surface area contributed by atoms with E-state index in [1.165, 1.54) is 32.1 Å². The third-order valence-corrected chi connectivity index (χ3v) is 6.11. The standard InChI is InChI=1S/C21H30ClFO2/c1-2-3-16-13-24-21(25-14-16)11-6-15-4-7-17(8-5-15)18-9-10-19(22)20(23)12-18/h9-10,12,15-17,21H,2-8,11,13-14H2,1H3. The highest BCUT2D eigenvalue weighted by Crippen LogP contribution is 2.38. The summed E-state index contributed by atoms with van der Waals surface area (Å²) in [7, 11) is 0. The first-order valence-electron chi connectivity index (χ1n) is 9.83. The Hall–Kier alpha value is -0.640. The molecule has 0 aromatic heterocycles. The summed E-state index contributed by atoms with van der Waals surface area (Å²) >= 11 is 5.79. The van der Waals surface area contributed by atoms with Gasteiger partial charge >= 0.3 is 0 Å². The summed E-state index contributed by atoms with van der Waals surface area (Å²) in [5, 5.41) is 0.214. The van der Waals surface area contributed by atoms with Crippen molar-refractivity contribution in [2.24, 2.45) is 11.8 Å². The van der Waals surface area contributed by atoms with Crippen molar-refractivity contribution in [3.8, 4) is 0 Å². The predicted molar refractivity (Wildman–Crippen MR) is 99.4 cm³/mol. The molecular weight excluding hydrogens is 339 g/mol. The van der Waals surface area contributed by atoms with Crippen molar-refractivity contribution in [3.05, 3.63) is 34.6 Å². The van der Waals surface area contributed by atoms with Gasteiger partial charge in [0.05, 0.1) is 18.2 Å². The molecule has 0 N–H and O–H groups in total. The summed E-state index contributed by atoms with van der Waals surface area (Å²) in [6, 6.07) is 5.28. The minimum atomic E-state index is -0.297. The second-order valence-corrected chi connectivity index (χ2v) is 8.13. The van der Waals surface area contributed by atoms with E-state index in [0.29, 0.717) is 11.8 Å². The van der Waals surface area contributed by atoms with E-state index in [-0.39, 0.29) is 17.1 Å². The Morgan fingerprint density at radius 3 is 2.36 bits per heavy atom. The van der Waals surface area contributed by atoms with Crippen molar-refractivity contribution in [1.29, 1.82) is 0 Å². The van der Waals surface area contributed by atoms with Crippen LogP contribution in [0.15, 0.2) is 18.2 Å². The van der Waals surface area contributed by atoms with Crippen LogP contribution in [0.3, 0.4) is 0 Å². The molecule has 1 saturated carbocycles. The molecule has 2 nitrogen and oxygen atoms in total. The minimum absolute atomic E-state index is 0.00353. The van der Waals surface area contributed by atoms with E-state index >= 15 is 0 Å². The van der Waals surface area contributed by atoms with Crippen LogP contribution in [0, 0.1) is 17.7 Å². The molecule has 1 aliphatic carbocycles. The van der Waals surface area contributed by atoms with Crippen LogP contribution >= 0.6 is 11.6 Å². The van der Waals surface area contributed by atoms with Gasteiger partial charge in [0.1, 0.15) is 5.82 Å². The molecule has 0 spiro atoms. The number of benzene rings is 1. The van der Waals surface area contributed by atoms with Crippen molar-refractivity contribution in [2.45, 2.75) is 70.5 Å². The first-order chi connectivity index (χ1) is 12.2. The molecule has 2 fully saturated rings. The topological polar surface area (TPSA) is 18.5 Å². The zero-order chi connectivity index (χ0) is 17.6. The molecule has 4 heteroatoms. The third kappa shape index (κ3) is 5.42. The molecule has 3 rings (SSSR count). The van der Waals surface area contributed by atoms with Crippen molar-refractivity contribution in [3.63, 3.8) is 0 Å². The Morgan fingerprint density at radius 1 is 1.00 bits per heavy atom. The molecule has 1 aromatic carbocycles. The fraction of sp³-hybridized carbons (Fsp3) is 0.714. The van der Waals surface area contributed by atoms with Crippen molar-refractivity contribution < 1.29 is 13.9 Å². The molecule has 2 aliphatic rings. The second-order valence-electron chi connectivity index (χ2n) is 7.72. The predicted octanol–water partition coefficient (Wildman–Crippen LogP) is 6.32. The van der Waals surface area contributed by atoms with E-state index in [9.17, 15) is 4.39 Å². The molecule has 25 heavy (non-hydrogen) atoms. The highest BCUT2D eigenvalue weighted by atomic mass is 35.5. The lowest BCUT2D eigenvalue weighted by Gasteiger charge is -2.32. The van der Waals surface area contributed by atoms with Gasteiger partial charge < -0.3 is 9.47 Å². The Balaban J connectivity index is 1.37. The number of rotatable bonds is 6. The highest BCUT2D eigenvalue weighted by molar-refractivity contribution is 6.30. The van der Waals surface area contributed by atoms with Crippen molar-refractivity contribution >= 4 is 11.6 Å². The quantitative estimate of drug-likeness (QED) is 0.584. The van der Waals surface area contributed by atoms with Gasteiger partial charge in [0, 0.05) is 5.92 Å². The summed E-state index contributed by atoms with van der Waals surface area (Å²) in [5.74, 6) is 1.50. The maximum Gasteiger partial charge on any atom is 0.157 e. The zero-order valence-corrected chi connectivity index (χ0v) is 15.9. The highest BCUT2D eigenvalue weighted by Gasteiger charge is 2.26. The van der Waals surface area contributed by atoms with Crippen LogP contribution < -0.4 is 0 Å². The van der Waals surface area contributed by atoms with E-state index in [4.69, 9.17) is 21.1 Å². The van der Waals surface area contributed by atoms with Gasteiger partial charge in [-0.25, -0.2) is 4.39 Å². The lowest BCUT2D eigenvalue weighted by Crippen LogP contribution is -2.32. The third-order valence-electron chi connectivity index (χ3n) is 5.80. The summed E-state index contributed by atoms with van der Waals surface area (Å²) < 4.78 is 25.4. The number of halogens is 2. The fourth-order valence-corrected chi connectivity index (χ4v) is 4.36. The molecular formula is C21H30ClFO2.